The molecular weight excluding hydrogens is 507 g/mol. The first-order valence-corrected chi connectivity index (χ1v) is 14.1. The van der Waals surface area contributed by atoms with E-state index in [0.29, 0.717) is 73.4 Å². The van der Waals surface area contributed by atoms with Gasteiger partial charge < -0.3 is 14.3 Å². The second kappa shape index (κ2) is 11.5. The molecule has 0 spiro atoms. The van der Waals surface area contributed by atoms with E-state index < -0.39 is 11.7 Å². The number of hydrogen-bond acceptors (Lipinski definition) is 6. The molecule has 1 saturated heterocycles. The number of rotatable bonds is 7. The minimum absolute atomic E-state index is 0.201. The third-order valence-corrected chi connectivity index (χ3v) is 7.81. The highest BCUT2D eigenvalue weighted by Crippen LogP contribution is 2.37. The SMILES string of the molecule is CC(C)Cc1nc(N2CCCN(C(=O)CCC3CCCC3)CC2)c2c(-c3cccc(C(F)(F)F)c3)noc2n1. The molecule has 0 bridgehead atoms. The van der Waals surface area contributed by atoms with Crippen LogP contribution in [0.15, 0.2) is 28.8 Å². The molecule has 1 amide bonds. The van der Waals surface area contributed by atoms with E-state index in [9.17, 15) is 18.0 Å². The lowest BCUT2D eigenvalue weighted by atomic mass is 10.0. The van der Waals surface area contributed by atoms with E-state index in [-0.39, 0.29) is 17.3 Å². The Kier molecular flexibility index (Phi) is 8.09. The van der Waals surface area contributed by atoms with Crippen molar-refractivity contribution in [3.05, 3.63) is 35.7 Å². The van der Waals surface area contributed by atoms with Gasteiger partial charge in [0.15, 0.2) is 0 Å². The van der Waals surface area contributed by atoms with Crippen LogP contribution in [0.4, 0.5) is 19.0 Å². The van der Waals surface area contributed by atoms with Crippen LogP contribution in [0.1, 0.15) is 70.2 Å². The van der Waals surface area contributed by atoms with Gasteiger partial charge in [-0.05, 0) is 36.8 Å². The van der Waals surface area contributed by atoms with Gasteiger partial charge in [-0.15, -0.1) is 0 Å². The Balaban J connectivity index is 1.44. The summed E-state index contributed by atoms with van der Waals surface area (Å²) in [6, 6.07) is 5.08. The number of aromatic nitrogens is 3. The van der Waals surface area contributed by atoms with Crippen molar-refractivity contribution in [2.75, 3.05) is 31.1 Å². The lowest BCUT2D eigenvalue weighted by Gasteiger charge is -2.24. The first-order valence-electron chi connectivity index (χ1n) is 14.1. The molecule has 1 aliphatic heterocycles. The third kappa shape index (κ3) is 6.36. The summed E-state index contributed by atoms with van der Waals surface area (Å²) >= 11 is 0. The summed E-state index contributed by atoms with van der Waals surface area (Å²) in [6.45, 7) is 6.61. The predicted octanol–water partition coefficient (Wildman–Crippen LogP) is 6.51. The molecule has 1 aromatic carbocycles. The minimum Gasteiger partial charge on any atom is -0.354 e. The normalized spacial score (nSPS) is 17.4. The average molecular weight is 544 g/mol. The first-order chi connectivity index (χ1) is 18.7. The van der Waals surface area contributed by atoms with E-state index in [1.807, 2.05) is 4.90 Å². The number of halogens is 3. The molecule has 210 valence electrons. The van der Waals surface area contributed by atoms with Crippen molar-refractivity contribution < 1.29 is 22.5 Å². The number of anilines is 1. The quantitative estimate of drug-likeness (QED) is 0.338. The predicted molar refractivity (Wildman–Crippen MR) is 143 cm³/mol. The minimum atomic E-state index is -4.47. The van der Waals surface area contributed by atoms with Crippen molar-refractivity contribution in [1.82, 2.24) is 20.0 Å². The van der Waals surface area contributed by atoms with Crippen molar-refractivity contribution in [3.63, 3.8) is 0 Å². The van der Waals surface area contributed by atoms with Crippen LogP contribution in [0.25, 0.3) is 22.4 Å². The van der Waals surface area contributed by atoms with Gasteiger partial charge in [-0.3, -0.25) is 4.79 Å². The van der Waals surface area contributed by atoms with Crippen LogP contribution in [-0.4, -0.2) is 52.1 Å². The molecular formula is C29H36F3N5O2. The highest BCUT2D eigenvalue weighted by Gasteiger charge is 2.32. The molecule has 0 radical (unpaired) electrons. The third-order valence-electron chi connectivity index (χ3n) is 7.81. The zero-order valence-electron chi connectivity index (χ0n) is 22.6. The largest absolute Gasteiger partial charge is 0.416 e. The number of carbonyl (C=O) groups is 1. The van der Waals surface area contributed by atoms with E-state index in [1.54, 1.807) is 6.07 Å². The molecule has 3 aromatic rings. The molecule has 7 nitrogen and oxygen atoms in total. The van der Waals surface area contributed by atoms with E-state index in [1.165, 1.54) is 31.7 Å². The molecule has 2 aromatic heterocycles. The summed E-state index contributed by atoms with van der Waals surface area (Å²) in [6.07, 6.45) is 3.48. The van der Waals surface area contributed by atoms with E-state index in [2.05, 4.69) is 28.9 Å². The molecule has 39 heavy (non-hydrogen) atoms. The van der Waals surface area contributed by atoms with Crippen molar-refractivity contribution in [2.45, 2.75) is 71.4 Å². The maximum atomic E-state index is 13.4. The Morgan fingerprint density at radius 2 is 1.87 bits per heavy atom. The summed E-state index contributed by atoms with van der Waals surface area (Å²) in [5.41, 5.74) is 0.0906. The lowest BCUT2D eigenvalue weighted by molar-refractivity contribution is -0.137. The molecule has 10 heteroatoms. The smallest absolute Gasteiger partial charge is 0.354 e. The van der Waals surface area contributed by atoms with Crippen molar-refractivity contribution >= 4 is 22.8 Å². The van der Waals surface area contributed by atoms with Crippen LogP contribution >= 0.6 is 0 Å². The van der Waals surface area contributed by atoms with Crippen molar-refractivity contribution in [2.24, 2.45) is 11.8 Å². The molecule has 2 fully saturated rings. The maximum Gasteiger partial charge on any atom is 0.416 e. The van der Waals surface area contributed by atoms with Gasteiger partial charge in [-0.2, -0.15) is 18.2 Å². The highest BCUT2D eigenvalue weighted by atomic mass is 19.4. The van der Waals surface area contributed by atoms with Crippen LogP contribution in [0.2, 0.25) is 0 Å². The Morgan fingerprint density at radius 1 is 1.08 bits per heavy atom. The van der Waals surface area contributed by atoms with Gasteiger partial charge in [0, 0.05) is 44.6 Å². The zero-order chi connectivity index (χ0) is 27.6. The molecule has 2 aliphatic rings. The van der Waals surface area contributed by atoms with Crippen molar-refractivity contribution in [1.29, 1.82) is 0 Å². The number of fused-ring (bicyclic) bond motifs is 1. The topological polar surface area (TPSA) is 75.4 Å². The Morgan fingerprint density at radius 3 is 2.62 bits per heavy atom. The van der Waals surface area contributed by atoms with Crippen LogP contribution < -0.4 is 4.90 Å². The summed E-state index contributed by atoms with van der Waals surface area (Å²) in [4.78, 5) is 26.5. The number of alkyl halides is 3. The van der Waals surface area contributed by atoms with Gasteiger partial charge in [-0.1, -0.05) is 56.8 Å². The van der Waals surface area contributed by atoms with E-state index >= 15 is 0 Å². The molecule has 0 N–H and O–H groups in total. The second-order valence-electron chi connectivity index (χ2n) is 11.3. The van der Waals surface area contributed by atoms with E-state index in [0.717, 1.165) is 25.0 Å². The van der Waals surface area contributed by atoms with E-state index in [4.69, 9.17) is 9.51 Å². The lowest BCUT2D eigenvalue weighted by Crippen LogP contribution is -2.35. The summed E-state index contributed by atoms with van der Waals surface area (Å²) in [5.74, 6) is 2.39. The van der Waals surface area contributed by atoms with Crippen LogP contribution in [0.5, 0.6) is 0 Å². The summed E-state index contributed by atoms with van der Waals surface area (Å²) in [5, 5.41) is 4.66. The molecule has 1 aliphatic carbocycles. The Hall–Kier alpha value is -3.17. The first kappa shape index (κ1) is 27.4. The van der Waals surface area contributed by atoms with Gasteiger partial charge in [0.1, 0.15) is 22.7 Å². The van der Waals surface area contributed by atoms with Crippen LogP contribution in [-0.2, 0) is 17.4 Å². The fraction of sp³-hybridized carbons (Fsp3) is 0.586. The molecule has 1 saturated carbocycles. The van der Waals surface area contributed by atoms with Crippen LogP contribution in [0, 0.1) is 11.8 Å². The maximum absolute atomic E-state index is 13.4. The Labute approximate surface area is 226 Å². The number of benzene rings is 1. The summed E-state index contributed by atoms with van der Waals surface area (Å²) < 4.78 is 45.9. The van der Waals surface area contributed by atoms with Gasteiger partial charge in [-0.25, -0.2) is 4.98 Å². The van der Waals surface area contributed by atoms with Crippen molar-refractivity contribution in [3.8, 4) is 11.3 Å². The highest BCUT2D eigenvalue weighted by molar-refractivity contribution is 5.98. The van der Waals surface area contributed by atoms with Crippen LogP contribution in [0.3, 0.4) is 0 Å². The fourth-order valence-electron chi connectivity index (χ4n) is 5.77. The molecule has 0 unspecified atom stereocenters. The standard InChI is InChI=1S/C29H36F3N5O2/c1-19(2)17-23-33-27(37-14-6-13-36(15-16-37)24(38)12-11-20-7-3-4-8-20)25-26(35-39-28(25)34-23)21-9-5-10-22(18-21)29(30,31)32/h5,9-10,18-20H,3-4,6-8,11-17H2,1-2H3. The number of amides is 1. The summed E-state index contributed by atoms with van der Waals surface area (Å²) in [7, 11) is 0. The monoisotopic (exact) mass is 543 g/mol. The molecule has 5 rings (SSSR count). The zero-order valence-corrected chi connectivity index (χ0v) is 22.6. The number of hydrogen-bond donors (Lipinski definition) is 0. The molecule has 3 heterocycles. The van der Waals surface area contributed by atoms with Gasteiger partial charge in [0.25, 0.3) is 5.71 Å². The van der Waals surface area contributed by atoms with Gasteiger partial charge in [0.2, 0.25) is 5.91 Å². The number of nitrogens with zero attached hydrogens (tertiary/aromatic N) is 5. The Bertz CT molecular complexity index is 1300. The molecule has 0 atom stereocenters. The fourth-order valence-corrected chi connectivity index (χ4v) is 5.77. The average Bonchev–Trinajstić information content (AvgIpc) is 3.50. The van der Waals surface area contributed by atoms with Gasteiger partial charge in [0.05, 0.1) is 5.56 Å². The van der Waals surface area contributed by atoms with Gasteiger partial charge >= 0.3 is 6.18 Å². The second-order valence-corrected chi connectivity index (χ2v) is 11.3. The number of carbonyl (C=O) groups excluding carboxylic acids is 1.